The molecule has 0 bridgehead atoms. The highest BCUT2D eigenvalue weighted by atomic mass is 35.5. The van der Waals surface area contributed by atoms with Crippen LogP contribution < -0.4 is 0 Å². The van der Waals surface area contributed by atoms with Gasteiger partial charge in [-0.2, -0.15) is 0 Å². The van der Waals surface area contributed by atoms with Crippen LogP contribution in [0, 0.1) is 0 Å². The first-order chi connectivity index (χ1) is 6.58. The lowest BCUT2D eigenvalue weighted by Crippen LogP contribution is -2.06. The number of alkyl halides is 2. The molecule has 0 aromatic carbocycles. The van der Waals surface area contributed by atoms with Gasteiger partial charge in [-0.1, -0.05) is 19.8 Å². The molecule has 0 spiro atoms. The highest BCUT2D eigenvalue weighted by molar-refractivity contribution is 6.28. The van der Waals surface area contributed by atoms with E-state index in [1.807, 2.05) is 0 Å². The Morgan fingerprint density at radius 2 is 1.79 bits per heavy atom. The van der Waals surface area contributed by atoms with Crippen molar-refractivity contribution in [1.29, 1.82) is 0 Å². The first-order valence-electron chi connectivity index (χ1n) is 4.43. The van der Waals surface area contributed by atoms with Gasteiger partial charge in [0.1, 0.15) is 6.42 Å². The molecule has 1 N–H and O–H groups in total. The third-order valence-corrected chi connectivity index (χ3v) is 1.80. The second-order valence-electron chi connectivity index (χ2n) is 2.64. The number of unbranched alkanes of at least 4 members (excludes halogenated alkanes) is 2. The summed E-state index contributed by atoms with van der Waals surface area (Å²) < 4.78 is 0. The van der Waals surface area contributed by atoms with Gasteiger partial charge >= 0.3 is 5.97 Å². The maximum atomic E-state index is 10.1. The maximum absolute atomic E-state index is 10.1. The highest BCUT2D eigenvalue weighted by Gasteiger charge is 2.03. The zero-order valence-electron chi connectivity index (χ0n) is 8.26. The van der Waals surface area contributed by atoms with Crippen molar-refractivity contribution in [2.45, 2.75) is 32.6 Å². The molecule has 0 aliphatic rings. The van der Waals surface area contributed by atoms with Gasteiger partial charge < -0.3 is 5.11 Å². The van der Waals surface area contributed by atoms with Gasteiger partial charge in [0.25, 0.3) is 0 Å². The summed E-state index contributed by atoms with van der Waals surface area (Å²) >= 11 is 10.4. The van der Waals surface area contributed by atoms with Crippen LogP contribution in [-0.4, -0.2) is 28.6 Å². The highest BCUT2D eigenvalue weighted by Crippen LogP contribution is 1.93. The quantitative estimate of drug-likeness (QED) is 0.443. The molecule has 0 aromatic heterocycles. The van der Waals surface area contributed by atoms with E-state index in [0.717, 1.165) is 5.88 Å². The molecule has 0 amide bonds. The Kier molecular flexibility index (Phi) is 14.7. The van der Waals surface area contributed by atoms with Gasteiger partial charge in [0.15, 0.2) is 5.78 Å². The van der Waals surface area contributed by atoms with Crippen molar-refractivity contribution in [3.63, 3.8) is 0 Å². The smallest absolute Gasteiger partial charge is 0.310 e. The fraction of sp³-hybridized carbons (Fsp3) is 0.778. The van der Waals surface area contributed by atoms with Crippen LogP contribution in [0.1, 0.15) is 32.6 Å². The van der Waals surface area contributed by atoms with E-state index in [-0.39, 0.29) is 5.88 Å². The summed E-state index contributed by atoms with van der Waals surface area (Å²) in [6.45, 7) is 2.17. The molecule has 84 valence electrons. The molecule has 5 heteroatoms. The molecule has 0 saturated carbocycles. The van der Waals surface area contributed by atoms with Crippen LogP contribution in [0.2, 0.25) is 0 Å². The first kappa shape index (κ1) is 16.2. The predicted molar refractivity (Wildman–Crippen MR) is 58.2 cm³/mol. The minimum Gasteiger partial charge on any atom is -0.481 e. The van der Waals surface area contributed by atoms with Gasteiger partial charge in [-0.25, -0.2) is 0 Å². The van der Waals surface area contributed by atoms with Gasteiger partial charge in [0.2, 0.25) is 0 Å². The number of rotatable bonds is 6. The molecule has 3 nitrogen and oxygen atoms in total. The standard InChI is InChI=1S/C5H11Cl.C4H5ClO3/c1-2-3-4-5-6;5-2-3(6)1-4(7)8/h2-5H2,1H3;1-2H2,(H,7,8). The van der Waals surface area contributed by atoms with Crippen LogP contribution in [-0.2, 0) is 9.59 Å². The van der Waals surface area contributed by atoms with E-state index >= 15 is 0 Å². The first-order valence-corrected chi connectivity index (χ1v) is 5.50. The number of halogens is 2. The molecule has 0 aromatic rings. The summed E-state index contributed by atoms with van der Waals surface area (Å²) in [6.07, 6.45) is 3.26. The molecule has 0 aliphatic carbocycles. The lowest BCUT2D eigenvalue weighted by molar-refractivity contribution is -0.139. The Labute approximate surface area is 94.4 Å². The van der Waals surface area contributed by atoms with E-state index in [1.165, 1.54) is 19.3 Å². The summed E-state index contributed by atoms with van der Waals surface area (Å²) in [6, 6.07) is 0. The Bertz CT molecular complexity index is 156. The Morgan fingerprint density at radius 1 is 1.21 bits per heavy atom. The van der Waals surface area contributed by atoms with Crippen LogP contribution in [0.3, 0.4) is 0 Å². The van der Waals surface area contributed by atoms with Crippen LogP contribution in [0.4, 0.5) is 0 Å². The topological polar surface area (TPSA) is 54.4 Å². The van der Waals surface area contributed by atoms with Crippen molar-refractivity contribution in [2.24, 2.45) is 0 Å². The Hall–Kier alpha value is -0.280. The van der Waals surface area contributed by atoms with E-state index in [1.54, 1.807) is 0 Å². The summed E-state index contributed by atoms with van der Waals surface area (Å²) in [4.78, 5) is 19.8. The molecule has 0 rings (SSSR count). The number of aliphatic carboxylic acids is 1. The lowest BCUT2D eigenvalue weighted by atomic mass is 10.3. The number of carbonyl (C=O) groups is 2. The van der Waals surface area contributed by atoms with Crippen molar-refractivity contribution in [2.75, 3.05) is 11.8 Å². The number of hydrogen-bond donors (Lipinski definition) is 1. The largest absolute Gasteiger partial charge is 0.481 e. The number of carboxylic acid groups (broad SMARTS) is 1. The maximum Gasteiger partial charge on any atom is 0.310 e. The van der Waals surface area contributed by atoms with Gasteiger partial charge in [-0.15, -0.1) is 23.2 Å². The summed E-state index contributed by atoms with van der Waals surface area (Å²) in [5, 5.41) is 7.94. The van der Waals surface area contributed by atoms with Crippen LogP contribution in [0.25, 0.3) is 0 Å². The van der Waals surface area contributed by atoms with E-state index < -0.39 is 18.2 Å². The normalized spacial score (nSPS) is 8.79. The summed E-state index contributed by atoms with van der Waals surface area (Å²) in [5.74, 6) is -0.977. The Balaban J connectivity index is 0. The third kappa shape index (κ3) is 17.7. The van der Waals surface area contributed by atoms with Crippen molar-refractivity contribution in [1.82, 2.24) is 0 Å². The van der Waals surface area contributed by atoms with Gasteiger partial charge in [-0.3, -0.25) is 9.59 Å². The monoisotopic (exact) mass is 242 g/mol. The van der Waals surface area contributed by atoms with Crippen LogP contribution in [0.15, 0.2) is 0 Å². The molecule has 14 heavy (non-hydrogen) atoms. The number of Topliss-reactive ketones (excluding diaryl/α,β-unsaturated/α-hetero) is 1. The van der Waals surface area contributed by atoms with Crippen molar-refractivity contribution < 1.29 is 14.7 Å². The number of carbonyl (C=O) groups excluding carboxylic acids is 1. The molecule has 0 aliphatic heterocycles. The molecular formula is C9H16Cl2O3. The van der Waals surface area contributed by atoms with Crippen molar-refractivity contribution in [3.8, 4) is 0 Å². The molecule has 0 unspecified atom stereocenters. The average molecular weight is 243 g/mol. The molecule has 0 heterocycles. The molecule has 0 radical (unpaired) electrons. The van der Waals surface area contributed by atoms with Crippen molar-refractivity contribution in [3.05, 3.63) is 0 Å². The fourth-order valence-corrected chi connectivity index (χ4v) is 0.844. The molecule has 0 saturated heterocycles. The number of ketones is 1. The van der Waals surface area contributed by atoms with Gasteiger partial charge in [-0.05, 0) is 6.42 Å². The number of carboxylic acids is 1. The van der Waals surface area contributed by atoms with E-state index in [9.17, 15) is 9.59 Å². The second kappa shape index (κ2) is 12.7. The molecular weight excluding hydrogens is 227 g/mol. The van der Waals surface area contributed by atoms with Crippen molar-refractivity contribution >= 4 is 35.0 Å². The minimum atomic E-state index is -1.13. The van der Waals surface area contributed by atoms with E-state index in [0.29, 0.717) is 0 Å². The fourth-order valence-electron chi connectivity index (χ4n) is 0.560. The third-order valence-electron chi connectivity index (χ3n) is 1.23. The SMILES string of the molecule is CCCCCCl.O=C(O)CC(=O)CCl. The lowest BCUT2D eigenvalue weighted by Gasteiger charge is -1.85. The second-order valence-corrected chi connectivity index (χ2v) is 3.28. The zero-order chi connectivity index (χ0) is 11.4. The minimum absolute atomic E-state index is 0.216. The van der Waals surface area contributed by atoms with Crippen LogP contribution >= 0.6 is 23.2 Å². The Morgan fingerprint density at radius 3 is 1.93 bits per heavy atom. The molecule has 0 atom stereocenters. The summed E-state index contributed by atoms with van der Waals surface area (Å²) in [7, 11) is 0. The number of hydrogen-bond acceptors (Lipinski definition) is 2. The van der Waals surface area contributed by atoms with Crippen LogP contribution in [0.5, 0.6) is 0 Å². The zero-order valence-corrected chi connectivity index (χ0v) is 9.77. The van der Waals surface area contributed by atoms with E-state index in [4.69, 9.17) is 28.3 Å². The average Bonchev–Trinajstić information content (AvgIpc) is 2.14. The van der Waals surface area contributed by atoms with E-state index in [2.05, 4.69) is 6.92 Å². The predicted octanol–water partition coefficient (Wildman–Crippen LogP) is 2.68. The molecule has 0 fully saturated rings. The van der Waals surface area contributed by atoms with Gasteiger partial charge in [0, 0.05) is 5.88 Å². The summed E-state index contributed by atoms with van der Waals surface area (Å²) in [5.41, 5.74) is 0. The van der Waals surface area contributed by atoms with Gasteiger partial charge in [0.05, 0.1) is 5.88 Å².